The number of benzene rings is 2. The van der Waals surface area contributed by atoms with Crippen molar-refractivity contribution in [3.63, 3.8) is 0 Å². The van der Waals surface area contributed by atoms with Gasteiger partial charge in [-0.05, 0) is 48.4 Å². The number of sulfonamides is 1. The molecule has 1 heterocycles. The van der Waals surface area contributed by atoms with Gasteiger partial charge in [-0.25, -0.2) is 8.42 Å². The number of nitro groups is 1. The molecule has 0 atom stereocenters. The summed E-state index contributed by atoms with van der Waals surface area (Å²) in [4.78, 5) is 10.8. The van der Waals surface area contributed by atoms with E-state index in [1.54, 1.807) is 0 Å². The van der Waals surface area contributed by atoms with Gasteiger partial charge in [-0.2, -0.15) is 9.41 Å². The van der Waals surface area contributed by atoms with Crippen molar-refractivity contribution >= 4 is 27.6 Å². The summed E-state index contributed by atoms with van der Waals surface area (Å²) in [5, 5.41) is 15.7. The van der Waals surface area contributed by atoms with Gasteiger partial charge in [-0.1, -0.05) is 39.0 Å². The van der Waals surface area contributed by atoms with Crippen LogP contribution in [0.15, 0.2) is 52.5 Å². The third kappa shape index (κ3) is 8.00. The number of hydrogen-bond acceptors (Lipinski definition) is 8. The molecule has 0 amide bonds. The third-order valence-electron chi connectivity index (χ3n) is 5.82. The zero-order valence-corrected chi connectivity index (χ0v) is 21.4. The number of nitro benzene ring substituents is 1. The van der Waals surface area contributed by atoms with E-state index in [1.807, 2.05) is 24.3 Å². The van der Waals surface area contributed by atoms with Crippen molar-refractivity contribution < 1.29 is 22.8 Å². The molecule has 0 aromatic heterocycles. The van der Waals surface area contributed by atoms with Crippen molar-refractivity contribution in [3.8, 4) is 5.75 Å². The van der Waals surface area contributed by atoms with Crippen molar-refractivity contribution in [2.45, 2.75) is 50.3 Å². The Labute approximate surface area is 212 Å². The monoisotopic (exact) mass is 518 g/mol. The molecule has 2 aromatic rings. The van der Waals surface area contributed by atoms with Crippen LogP contribution in [0.25, 0.3) is 0 Å². The van der Waals surface area contributed by atoms with Gasteiger partial charge in [0.15, 0.2) is 0 Å². The highest BCUT2D eigenvalue weighted by atomic mass is 32.2. The van der Waals surface area contributed by atoms with Gasteiger partial charge in [0.2, 0.25) is 10.0 Å². The highest BCUT2D eigenvalue weighted by Crippen LogP contribution is 2.29. The van der Waals surface area contributed by atoms with Crippen LogP contribution < -0.4 is 10.2 Å². The fourth-order valence-electron chi connectivity index (χ4n) is 3.75. The van der Waals surface area contributed by atoms with E-state index in [1.165, 1.54) is 54.8 Å². The first-order valence-corrected chi connectivity index (χ1v) is 13.7. The molecule has 1 fully saturated rings. The highest BCUT2D eigenvalue weighted by Gasteiger charge is 2.28. The first-order chi connectivity index (χ1) is 17.4. The van der Waals surface area contributed by atoms with Gasteiger partial charge in [0.25, 0.3) is 5.69 Å². The molecule has 1 N–H and O–H groups in total. The Morgan fingerprint density at radius 1 is 1.08 bits per heavy atom. The van der Waals surface area contributed by atoms with Crippen LogP contribution in [0, 0.1) is 10.1 Å². The van der Waals surface area contributed by atoms with Crippen molar-refractivity contribution in [2.24, 2.45) is 5.10 Å². The van der Waals surface area contributed by atoms with Crippen molar-refractivity contribution in [2.75, 3.05) is 38.3 Å². The molecule has 1 saturated heterocycles. The molecule has 0 unspecified atom stereocenters. The largest absolute Gasteiger partial charge is 0.494 e. The van der Waals surface area contributed by atoms with Gasteiger partial charge in [-0.3, -0.25) is 15.5 Å². The molecule has 10 nitrogen and oxygen atoms in total. The van der Waals surface area contributed by atoms with E-state index in [0.29, 0.717) is 19.8 Å². The second-order valence-electron chi connectivity index (χ2n) is 8.51. The van der Waals surface area contributed by atoms with E-state index in [4.69, 9.17) is 9.47 Å². The maximum atomic E-state index is 12.8. The van der Waals surface area contributed by atoms with Crippen molar-refractivity contribution in [3.05, 3.63) is 58.1 Å². The normalized spacial score (nSPS) is 14.7. The highest BCUT2D eigenvalue weighted by molar-refractivity contribution is 7.89. The number of anilines is 1. The first-order valence-electron chi connectivity index (χ1n) is 12.3. The first kappa shape index (κ1) is 27.6. The predicted octanol–water partition coefficient (Wildman–Crippen LogP) is 4.80. The molecule has 1 aliphatic rings. The Balaban J connectivity index is 1.56. The predicted molar refractivity (Wildman–Crippen MR) is 139 cm³/mol. The maximum absolute atomic E-state index is 12.8. The second-order valence-corrected chi connectivity index (χ2v) is 10.4. The van der Waals surface area contributed by atoms with Crippen LogP contribution in [-0.4, -0.2) is 56.8 Å². The quantitative estimate of drug-likeness (QED) is 0.165. The molecule has 0 saturated carbocycles. The lowest BCUT2D eigenvalue weighted by Crippen LogP contribution is -2.40. The molecule has 0 bridgehead atoms. The lowest BCUT2D eigenvalue weighted by Gasteiger charge is -2.26. The van der Waals surface area contributed by atoms with Crippen LogP contribution in [-0.2, 0) is 14.8 Å². The molecule has 2 aromatic carbocycles. The summed E-state index contributed by atoms with van der Waals surface area (Å²) in [5.74, 6) is 0.779. The van der Waals surface area contributed by atoms with Crippen LogP contribution in [0.5, 0.6) is 5.75 Å². The fraction of sp³-hybridized carbons (Fsp3) is 0.480. The van der Waals surface area contributed by atoms with E-state index < -0.39 is 14.9 Å². The Morgan fingerprint density at radius 2 is 1.78 bits per heavy atom. The number of hydrazone groups is 1. The average Bonchev–Trinajstić information content (AvgIpc) is 2.89. The fourth-order valence-corrected chi connectivity index (χ4v) is 5.18. The minimum Gasteiger partial charge on any atom is -0.494 e. The van der Waals surface area contributed by atoms with Crippen LogP contribution in [0.3, 0.4) is 0 Å². The smallest absolute Gasteiger partial charge is 0.295 e. The van der Waals surface area contributed by atoms with Gasteiger partial charge in [0.05, 0.1) is 35.9 Å². The van der Waals surface area contributed by atoms with Gasteiger partial charge in [0.1, 0.15) is 11.4 Å². The molecule has 196 valence electrons. The van der Waals surface area contributed by atoms with Crippen LogP contribution >= 0.6 is 0 Å². The summed E-state index contributed by atoms with van der Waals surface area (Å²) in [6.45, 7) is 3.90. The maximum Gasteiger partial charge on any atom is 0.295 e. The van der Waals surface area contributed by atoms with Crippen LogP contribution in [0.1, 0.15) is 51.0 Å². The van der Waals surface area contributed by atoms with Crippen molar-refractivity contribution in [1.29, 1.82) is 0 Å². The number of unbranched alkanes of at least 4 members (excludes halogenated alkanes) is 5. The number of hydrogen-bond donors (Lipinski definition) is 1. The van der Waals surface area contributed by atoms with Crippen LogP contribution in [0.2, 0.25) is 0 Å². The van der Waals surface area contributed by atoms with E-state index in [-0.39, 0.29) is 29.4 Å². The SMILES string of the molecule is CCCCCCCCOc1ccc(/C=N\Nc2ccc(S(=O)(=O)N3CCOCC3)cc2[N+](=O)[O-])cc1. The van der Waals surface area contributed by atoms with Gasteiger partial charge < -0.3 is 9.47 Å². The minimum absolute atomic E-state index is 0.0936. The number of nitrogens with zero attached hydrogens (tertiary/aromatic N) is 3. The van der Waals surface area contributed by atoms with Crippen LogP contribution in [0.4, 0.5) is 11.4 Å². The van der Waals surface area contributed by atoms with E-state index >= 15 is 0 Å². The van der Waals surface area contributed by atoms with Gasteiger partial charge in [0, 0.05) is 19.2 Å². The molecule has 0 aliphatic carbocycles. The molecular weight excluding hydrogens is 484 g/mol. The molecular formula is C25H34N4O6S. The lowest BCUT2D eigenvalue weighted by molar-refractivity contribution is -0.384. The summed E-state index contributed by atoms with van der Waals surface area (Å²) in [6.07, 6.45) is 8.77. The van der Waals surface area contributed by atoms with E-state index in [0.717, 1.165) is 23.8 Å². The summed E-state index contributed by atoms with van der Waals surface area (Å²) in [6, 6.07) is 11.1. The zero-order chi connectivity index (χ0) is 25.8. The lowest BCUT2D eigenvalue weighted by atomic mass is 10.1. The Bertz CT molecular complexity index is 1120. The molecule has 0 spiro atoms. The van der Waals surface area contributed by atoms with Gasteiger partial charge >= 0.3 is 0 Å². The zero-order valence-electron chi connectivity index (χ0n) is 20.6. The Hall–Kier alpha value is -3.02. The van der Waals surface area contributed by atoms with E-state index in [2.05, 4.69) is 17.5 Å². The molecule has 0 radical (unpaired) electrons. The topological polar surface area (TPSA) is 123 Å². The Kier molecular flexibility index (Phi) is 10.6. The third-order valence-corrected chi connectivity index (χ3v) is 7.71. The number of rotatable bonds is 14. The summed E-state index contributed by atoms with van der Waals surface area (Å²) < 4.78 is 37.9. The molecule has 36 heavy (non-hydrogen) atoms. The standard InChI is InChI=1S/C25H34N4O6S/c1-2-3-4-5-6-7-16-35-22-10-8-21(9-11-22)20-26-27-24-13-12-23(19-25(24)29(30)31)36(32,33)28-14-17-34-18-15-28/h8-13,19-20,27H,2-7,14-18H2,1H3/b26-20-. The molecule has 3 rings (SSSR count). The summed E-state index contributed by atoms with van der Waals surface area (Å²) >= 11 is 0. The average molecular weight is 519 g/mol. The molecule has 1 aliphatic heterocycles. The summed E-state index contributed by atoms with van der Waals surface area (Å²) in [5.41, 5.74) is 3.15. The number of morpholine rings is 1. The number of ether oxygens (including phenoxy) is 2. The second kappa shape index (κ2) is 13.9. The number of nitrogens with one attached hydrogen (secondary N) is 1. The van der Waals surface area contributed by atoms with Crippen molar-refractivity contribution in [1.82, 2.24) is 4.31 Å². The minimum atomic E-state index is -3.85. The van der Waals surface area contributed by atoms with E-state index in [9.17, 15) is 18.5 Å². The summed E-state index contributed by atoms with van der Waals surface area (Å²) in [7, 11) is -3.85. The Morgan fingerprint density at radius 3 is 2.47 bits per heavy atom. The molecule has 11 heteroatoms. The van der Waals surface area contributed by atoms with Gasteiger partial charge in [-0.15, -0.1) is 0 Å².